The predicted molar refractivity (Wildman–Crippen MR) is 78.9 cm³/mol. The van der Waals surface area contributed by atoms with Gasteiger partial charge in [-0.2, -0.15) is 0 Å². The summed E-state index contributed by atoms with van der Waals surface area (Å²) in [4.78, 5) is 13.1. The molecule has 1 unspecified atom stereocenters. The monoisotopic (exact) mass is 266 g/mol. The van der Waals surface area contributed by atoms with Crippen molar-refractivity contribution in [1.29, 1.82) is 0 Å². The number of hydrogen-bond acceptors (Lipinski definition) is 3. The molecular weight excluding hydrogens is 244 g/mol. The summed E-state index contributed by atoms with van der Waals surface area (Å²) >= 11 is 1.71. The largest absolute Gasteiger partial charge is 0.324 e. The molecule has 100 valence electrons. The van der Waals surface area contributed by atoms with Crippen molar-refractivity contribution >= 4 is 23.4 Å². The van der Waals surface area contributed by atoms with E-state index in [9.17, 15) is 4.79 Å². The van der Waals surface area contributed by atoms with Gasteiger partial charge in [-0.3, -0.25) is 4.79 Å². The van der Waals surface area contributed by atoms with Crippen LogP contribution in [0.1, 0.15) is 27.2 Å². The molecule has 1 aromatic carbocycles. The topological polar surface area (TPSA) is 55.1 Å². The van der Waals surface area contributed by atoms with Crippen LogP contribution in [0.5, 0.6) is 0 Å². The summed E-state index contributed by atoms with van der Waals surface area (Å²) in [6, 6.07) is 7.37. The predicted octanol–water partition coefficient (Wildman–Crippen LogP) is 3.11. The first-order valence-electron chi connectivity index (χ1n) is 6.38. The molecule has 1 aromatic rings. The summed E-state index contributed by atoms with van der Waals surface area (Å²) in [5.41, 5.74) is 6.78. The second kappa shape index (κ2) is 7.44. The van der Waals surface area contributed by atoms with Crippen LogP contribution in [0.3, 0.4) is 0 Å². The van der Waals surface area contributed by atoms with Crippen LogP contribution in [0.2, 0.25) is 0 Å². The van der Waals surface area contributed by atoms with Gasteiger partial charge < -0.3 is 11.1 Å². The van der Waals surface area contributed by atoms with E-state index in [1.54, 1.807) is 11.8 Å². The quantitative estimate of drug-likeness (QED) is 0.778. The molecule has 0 fully saturated rings. The number of thioether (sulfide) groups is 1. The van der Waals surface area contributed by atoms with Crippen molar-refractivity contribution in [3.63, 3.8) is 0 Å². The molecule has 4 heteroatoms. The van der Waals surface area contributed by atoms with Gasteiger partial charge in [0.15, 0.2) is 0 Å². The van der Waals surface area contributed by atoms with Gasteiger partial charge >= 0.3 is 0 Å². The Hall–Kier alpha value is -1.00. The Morgan fingerprint density at radius 3 is 2.67 bits per heavy atom. The smallest absolute Gasteiger partial charge is 0.241 e. The van der Waals surface area contributed by atoms with Crippen molar-refractivity contribution in [1.82, 2.24) is 0 Å². The van der Waals surface area contributed by atoms with Crippen molar-refractivity contribution in [3.05, 3.63) is 24.3 Å². The molecule has 1 rings (SSSR count). The van der Waals surface area contributed by atoms with Gasteiger partial charge in [-0.1, -0.05) is 39.3 Å². The lowest BCUT2D eigenvalue weighted by atomic mass is 9.99. The Morgan fingerprint density at radius 1 is 1.39 bits per heavy atom. The van der Waals surface area contributed by atoms with Gasteiger partial charge in [0.2, 0.25) is 5.91 Å². The molecule has 0 spiro atoms. The molecule has 18 heavy (non-hydrogen) atoms. The fourth-order valence-electron chi connectivity index (χ4n) is 1.58. The van der Waals surface area contributed by atoms with Crippen LogP contribution < -0.4 is 11.1 Å². The minimum absolute atomic E-state index is 0.103. The molecule has 1 amide bonds. The number of benzene rings is 1. The highest BCUT2D eigenvalue weighted by atomic mass is 32.2. The number of carbonyl (C=O) groups is 1. The first-order chi connectivity index (χ1) is 8.60. The van der Waals surface area contributed by atoms with Crippen molar-refractivity contribution in [3.8, 4) is 0 Å². The van der Waals surface area contributed by atoms with E-state index in [0.717, 1.165) is 22.8 Å². The van der Waals surface area contributed by atoms with Gasteiger partial charge in [0, 0.05) is 4.90 Å². The highest BCUT2D eigenvalue weighted by molar-refractivity contribution is 7.99. The summed E-state index contributed by atoms with van der Waals surface area (Å²) < 4.78 is 0. The molecule has 3 nitrogen and oxygen atoms in total. The molecule has 0 saturated carbocycles. The molecule has 0 radical (unpaired) electrons. The minimum Gasteiger partial charge on any atom is -0.324 e. The standard InChI is InChI=1S/C14H22N2OS/c1-4-10(3)13(15)14(17)16-11-8-6-7-9-12(11)18-5-2/h6-10,13H,4-5,15H2,1-3H3,(H,16,17)/t10?,13-/m0/s1. The SMILES string of the molecule is CCSc1ccccc1NC(=O)[C@@H](N)C(C)CC. The number of nitrogens with one attached hydrogen (secondary N) is 1. The van der Waals surface area contributed by atoms with Gasteiger partial charge in [-0.05, 0) is 23.8 Å². The van der Waals surface area contributed by atoms with Crippen LogP contribution in [0, 0.1) is 5.92 Å². The first-order valence-corrected chi connectivity index (χ1v) is 7.37. The maximum atomic E-state index is 12.0. The third-order valence-electron chi connectivity index (χ3n) is 3.00. The zero-order valence-corrected chi connectivity index (χ0v) is 12.1. The molecule has 0 aliphatic heterocycles. The van der Waals surface area contributed by atoms with E-state index < -0.39 is 6.04 Å². The average molecular weight is 266 g/mol. The van der Waals surface area contributed by atoms with Gasteiger partial charge in [0.1, 0.15) is 0 Å². The van der Waals surface area contributed by atoms with Gasteiger partial charge in [-0.15, -0.1) is 11.8 Å². The fourth-order valence-corrected chi connectivity index (χ4v) is 2.34. The number of anilines is 1. The maximum Gasteiger partial charge on any atom is 0.241 e. The van der Waals surface area contributed by atoms with Crippen molar-refractivity contribution in [2.75, 3.05) is 11.1 Å². The zero-order chi connectivity index (χ0) is 13.5. The van der Waals surface area contributed by atoms with Crippen molar-refractivity contribution in [2.45, 2.75) is 38.1 Å². The van der Waals surface area contributed by atoms with E-state index in [1.165, 1.54) is 0 Å². The second-order valence-electron chi connectivity index (χ2n) is 4.33. The third kappa shape index (κ3) is 4.03. The van der Waals surface area contributed by atoms with E-state index in [-0.39, 0.29) is 11.8 Å². The Kier molecular flexibility index (Phi) is 6.22. The zero-order valence-electron chi connectivity index (χ0n) is 11.3. The molecule has 0 bridgehead atoms. The molecule has 0 aliphatic carbocycles. The van der Waals surface area contributed by atoms with Crippen molar-refractivity contribution < 1.29 is 4.79 Å². The molecule has 0 saturated heterocycles. The van der Waals surface area contributed by atoms with Gasteiger partial charge in [0.25, 0.3) is 0 Å². The summed E-state index contributed by atoms with van der Waals surface area (Å²) in [7, 11) is 0. The molecule has 0 aliphatic rings. The molecule has 0 heterocycles. The van der Waals surface area contributed by atoms with E-state index in [1.807, 2.05) is 38.1 Å². The van der Waals surface area contributed by atoms with Crippen LogP contribution >= 0.6 is 11.8 Å². The lowest BCUT2D eigenvalue weighted by molar-refractivity contribution is -0.118. The van der Waals surface area contributed by atoms with Crippen LogP contribution in [-0.2, 0) is 4.79 Å². The van der Waals surface area contributed by atoms with E-state index in [2.05, 4.69) is 12.2 Å². The summed E-state index contributed by atoms with van der Waals surface area (Å²) in [5.74, 6) is 1.06. The molecule has 2 atom stereocenters. The Balaban J connectivity index is 2.75. The number of nitrogens with two attached hydrogens (primary N) is 1. The van der Waals surface area contributed by atoms with Gasteiger partial charge in [0.05, 0.1) is 11.7 Å². The lowest BCUT2D eigenvalue weighted by Crippen LogP contribution is -2.40. The summed E-state index contributed by atoms with van der Waals surface area (Å²) in [6.07, 6.45) is 0.903. The number of amides is 1. The normalized spacial score (nSPS) is 14.0. The van der Waals surface area contributed by atoms with Crippen LogP contribution in [-0.4, -0.2) is 17.7 Å². The Bertz CT molecular complexity index is 395. The Morgan fingerprint density at radius 2 is 2.06 bits per heavy atom. The highest BCUT2D eigenvalue weighted by Crippen LogP contribution is 2.26. The Labute approximate surface area is 114 Å². The summed E-state index contributed by atoms with van der Waals surface area (Å²) in [6.45, 7) is 6.13. The molecular formula is C14H22N2OS. The number of para-hydroxylation sites is 1. The lowest BCUT2D eigenvalue weighted by Gasteiger charge is -2.18. The molecule has 0 aromatic heterocycles. The third-order valence-corrected chi connectivity index (χ3v) is 3.96. The van der Waals surface area contributed by atoms with Crippen molar-refractivity contribution in [2.24, 2.45) is 11.7 Å². The van der Waals surface area contributed by atoms with Crippen LogP contribution in [0.4, 0.5) is 5.69 Å². The first kappa shape index (κ1) is 15.1. The fraction of sp³-hybridized carbons (Fsp3) is 0.500. The van der Waals surface area contributed by atoms with Gasteiger partial charge in [-0.25, -0.2) is 0 Å². The van der Waals surface area contributed by atoms with E-state index in [4.69, 9.17) is 5.73 Å². The number of hydrogen-bond donors (Lipinski definition) is 2. The van der Waals surface area contributed by atoms with E-state index >= 15 is 0 Å². The van der Waals surface area contributed by atoms with Crippen LogP contribution in [0.15, 0.2) is 29.2 Å². The summed E-state index contributed by atoms with van der Waals surface area (Å²) in [5, 5.41) is 2.93. The molecule has 3 N–H and O–H groups in total. The highest BCUT2D eigenvalue weighted by Gasteiger charge is 2.20. The minimum atomic E-state index is -0.449. The number of rotatable bonds is 6. The number of carbonyl (C=O) groups excluding carboxylic acids is 1. The maximum absolute atomic E-state index is 12.0. The second-order valence-corrected chi connectivity index (χ2v) is 5.64. The average Bonchev–Trinajstić information content (AvgIpc) is 2.39. The van der Waals surface area contributed by atoms with Crippen LogP contribution in [0.25, 0.3) is 0 Å². The van der Waals surface area contributed by atoms with E-state index in [0.29, 0.717) is 0 Å².